The Kier molecular flexibility index (Phi) is 15.0. The van der Waals surface area contributed by atoms with Crippen LogP contribution in [0.4, 0.5) is 0 Å². The summed E-state index contributed by atoms with van der Waals surface area (Å²) in [7, 11) is 3.35. The predicted octanol–water partition coefficient (Wildman–Crippen LogP) is 0.238. The van der Waals surface area contributed by atoms with E-state index in [1.165, 1.54) is 0 Å². The van der Waals surface area contributed by atoms with Gasteiger partial charge < -0.3 is 31.2 Å². The Morgan fingerprint density at radius 1 is 1.07 bits per heavy atom. The largest absolute Gasteiger partial charge is 0.382 e. The molecule has 0 radical (unpaired) electrons. The molecule has 0 fully saturated rings. The Hall–Kier alpha value is -1.92. The number of rotatable bonds is 12. The van der Waals surface area contributed by atoms with Crippen LogP contribution < -0.4 is 21.7 Å². The van der Waals surface area contributed by atoms with Crippen molar-refractivity contribution < 1.29 is 19.1 Å². The van der Waals surface area contributed by atoms with E-state index in [2.05, 4.69) is 20.9 Å². The normalized spacial score (nSPS) is 10.7. The average molecular weight is 507 g/mol. The number of primary amides is 1. The van der Waals surface area contributed by atoms with Crippen molar-refractivity contribution >= 4 is 41.8 Å². The SMILES string of the molecule is CN=C(NCCCOCCOC)NCc1ccc(C(=O)NCC(N)=O)cc1.I. The van der Waals surface area contributed by atoms with Crippen LogP contribution in [0.1, 0.15) is 22.3 Å². The molecule has 0 aliphatic carbocycles. The molecule has 0 unspecified atom stereocenters. The third kappa shape index (κ3) is 11.7. The lowest BCUT2D eigenvalue weighted by Gasteiger charge is -2.12. The Morgan fingerprint density at radius 3 is 2.39 bits per heavy atom. The van der Waals surface area contributed by atoms with Gasteiger partial charge >= 0.3 is 0 Å². The minimum atomic E-state index is -0.579. The summed E-state index contributed by atoms with van der Waals surface area (Å²) in [4.78, 5) is 26.7. The number of nitrogens with two attached hydrogens (primary N) is 1. The summed E-state index contributed by atoms with van der Waals surface area (Å²) >= 11 is 0. The van der Waals surface area contributed by atoms with Gasteiger partial charge in [0.1, 0.15) is 0 Å². The molecule has 1 rings (SSSR count). The quantitative estimate of drug-likeness (QED) is 0.139. The van der Waals surface area contributed by atoms with Crippen molar-refractivity contribution in [2.75, 3.05) is 47.1 Å². The number of ether oxygens (including phenoxy) is 2. The number of nitrogens with zero attached hydrogens (tertiary/aromatic N) is 1. The molecule has 0 saturated carbocycles. The topological polar surface area (TPSA) is 127 Å². The van der Waals surface area contributed by atoms with Crippen molar-refractivity contribution in [3.05, 3.63) is 35.4 Å². The van der Waals surface area contributed by atoms with Crippen molar-refractivity contribution in [1.29, 1.82) is 0 Å². The predicted molar refractivity (Wildman–Crippen MR) is 119 cm³/mol. The van der Waals surface area contributed by atoms with E-state index in [1.807, 2.05) is 12.1 Å². The number of halogens is 1. The van der Waals surface area contributed by atoms with E-state index < -0.39 is 5.91 Å². The lowest BCUT2D eigenvalue weighted by molar-refractivity contribution is -0.117. The van der Waals surface area contributed by atoms with Gasteiger partial charge in [0, 0.05) is 39.4 Å². The van der Waals surface area contributed by atoms with E-state index in [4.69, 9.17) is 15.2 Å². The number of carbonyl (C=O) groups excluding carboxylic acids is 2. The first-order valence-electron chi connectivity index (χ1n) is 8.73. The second kappa shape index (κ2) is 16.1. The minimum Gasteiger partial charge on any atom is -0.382 e. The lowest BCUT2D eigenvalue weighted by Crippen LogP contribution is -2.37. The molecule has 2 amide bonds. The molecule has 0 aliphatic heterocycles. The smallest absolute Gasteiger partial charge is 0.251 e. The van der Waals surface area contributed by atoms with Crippen LogP contribution in [0.2, 0.25) is 0 Å². The molecule has 5 N–H and O–H groups in total. The van der Waals surface area contributed by atoms with Crippen molar-refractivity contribution in [1.82, 2.24) is 16.0 Å². The van der Waals surface area contributed by atoms with Gasteiger partial charge in [-0.25, -0.2) is 0 Å². The molecule has 158 valence electrons. The number of amides is 2. The van der Waals surface area contributed by atoms with Crippen LogP contribution in [0.15, 0.2) is 29.3 Å². The number of hydrogen-bond acceptors (Lipinski definition) is 5. The van der Waals surface area contributed by atoms with Gasteiger partial charge in [-0.2, -0.15) is 0 Å². The summed E-state index contributed by atoms with van der Waals surface area (Å²) < 4.78 is 10.3. The Bertz CT molecular complexity index is 610. The van der Waals surface area contributed by atoms with Crippen LogP contribution in [0.25, 0.3) is 0 Å². The first kappa shape index (κ1) is 26.1. The second-order valence-electron chi connectivity index (χ2n) is 5.66. The summed E-state index contributed by atoms with van der Waals surface area (Å²) in [6.45, 7) is 2.98. The first-order chi connectivity index (χ1) is 13.1. The van der Waals surface area contributed by atoms with Gasteiger partial charge in [0.25, 0.3) is 5.91 Å². The lowest BCUT2D eigenvalue weighted by atomic mass is 10.1. The summed E-state index contributed by atoms with van der Waals surface area (Å²) in [5.41, 5.74) is 6.47. The summed E-state index contributed by atoms with van der Waals surface area (Å²) in [5, 5.41) is 8.86. The van der Waals surface area contributed by atoms with Crippen LogP contribution >= 0.6 is 24.0 Å². The molecule has 0 saturated heterocycles. The third-order valence-electron chi connectivity index (χ3n) is 3.51. The number of hydrogen-bond donors (Lipinski definition) is 4. The number of benzene rings is 1. The van der Waals surface area contributed by atoms with Gasteiger partial charge in [0.2, 0.25) is 5.91 Å². The maximum absolute atomic E-state index is 11.8. The highest BCUT2D eigenvalue weighted by atomic mass is 127. The number of aliphatic imine (C=N–C) groups is 1. The number of methoxy groups -OCH3 is 1. The first-order valence-corrected chi connectivity index (χ1v) is 8.73. The number of guanidine groups is 1. The van der Waals surface area contributed by atoms with Crippen molar-refractivity contribution in [3.63, 3.8) is 0 Å². The molecule has 1 aromatic carbocycles. The zero-order chi connectivity index (χ0) is 19.9. The van der Waals surface area contributed by atoms with Gasteiger partial charge in [-0.15, -0.1) is 24.0 Å². The molecular formula is C18H30IN5O4. The number of nitrogens with one attached hydrogen (secondary N) is 3. The minimum absolute atomic E-state index is 0. The highest BCUT2D eigenvalue weighted by molar-refractivity contribution is 14.0. The third-order valence-corrected chi connectivity index (χ3v) is 3.51. The second-order valence-corrected chi connectivity index (χ2v) is 5.66. The molecule has 0 atom stereocenters. The zero-order valence-electron chi connectivity index (χ0n) is 16.3. The number of carbonyl (C=O) groups is 2. The zero-order valence-corrected chi connectivity index (χ0v) is 18.7. The maximum atomic E-state index is 11.8. The highest BCUT2D eigenvalue weighted by Gasteiger charge is 2.06. The van der Waals surface area contributed by atoms with Crippen molar-refractivity contribution in [3.8, 4) is 0 Å². The van der Waals surface area contributed by atoms with Gasteiger partial charge in [-0.3, -0.25) is 14.6 Å². The molecule has 0 heterocycles. The van der Waals surface area contributed by atoms with E-state index >= 15 is 0 Å². The van der Waals surface area contributed by atoms with Crippen LogP contribution in [0.5, 0.6) is 0 Å². The summed E-state index contributed by atoms with van der Waals surface area (Å²) in [5.74, 6) is -0.224. The molecule has 1 aromatic rings. The van der Waals surface area contributed by atoms with Crippen LogP contribution in [-0.2, 0) is 20.8 Å². The van der Waals surface area contributed by atoms with Gasteiger partial charge in [-0.05, 0) is 24.1 Å². The highest BCUT2D eigenvalue weighted by Crippen LogP contribution is 2.04. The average Bonchev–Trinajstić information content (AvgIpc) is 2.68. The molecule has 28 heavy (non-hydrogen) atoms. The molecule has 0 spiro atoms. The molecule has 0 bridgehead atoms. The monoisotopic (exact) mass is 507 g/mol. The van der Waals surface area contributed by atoms with E-state index in [0.717, 1.165) is 18.5 Å². The van der Waals surface area contributed by atoms with E-state index in [1.54, 1.807) is 26.3 Å². The van der Waals surface area contributed by atoms with Crippen molar-refractivity contribution in [2.24, 2.45) is 10.7 Å². The van der Waals surface area contributed by atoms with Crippen LogP contribution in [-0.4, -0.2) is 64.8 Å². The van der Waals surface area contributed by atoms with Crippen LogP contribution in [0.3, 0.4) is 0 Å². The Labute approximate surface area is 182 Å². The van der Waals surface area contributed by atoms with E-state index in [9.17, 15) is 9.59 Å². The van der Waals surface area contributed by atoms with Gasteiger partial charge in [-0.1, -0.05) is 12.1 Å². The fraction of sp³-hybridized carbons (Fsp3) is 0.500. The summed E-state index contributed by atoms with van der Waals surface area (Å²) in [6, 6.07) is 7.06. The molecule has 10 heteroatoms. The molecule has 0 aliphatic rings. The fourth-order valence-electron chi connectivity index (χ4n) is 2.08. The molecule has 0 aromatic heterocycles. The standard InChI is InChI=1S/C18H29N5O4.HI/c1-20-18(21-8-3-9-27-11-10-26-2)23-12-14-4-6-15(7-5-14)17(25)22-13-16(19)24;/h4-7H,3,8-13H2,1-2H3,(H2,19,24)(H,22,25)(H2,20,21,23);1H. The Balaban J connectivity index is 0.00000729. The molecule has 9 nitrogen and oxygen atoms in total. The van der Waals surface area contributed by atoms with Crippen molar-refractivity contribution in [2.45, 2.75) is 13.0 Å². The Morgan fingerprint density at radius 2 is 1.79 bits per heavy atom. The maximum Gasteiger partial charge on any atom is 0.251 e. The van der Waals surface area contributed by atoms with E-state index in [-0.39, 0.29) is 36.4 Å². The van der Waals surface area contributed by atoms with Crippen LogP contribution in [0, 0.1) is 0 Å². The fourth-order valence-corrected chi connectivity index (χ4v) is 2.08. The van der Waals surface area contributed by atoms with E-state index in [0.29, 0.717) is 37.9 Å². The van der Waals surface area contributed by atoms with Gasteiger partial charge in [0.15, 0.2) is 5.96 Å². The summed E-state index contributed by atoms with van der Waals surface area (Å²) in [6.07, 6.45) is 0.861. The van der Waals surface area contributed by atoms with Gasteiger partial charge in [0.05, 0.1) is 19.8 Å². The molecular weight excluding hydrogens is 477 g/mol.